The van der Waals surface area contributed by atoms with Crippen molar-refractivity contribution in [3.63, 3.8) is 0 Å². The number of benzene rings is 1. The van der Waals surface area contributed by atoms with Crippen molar-refractivity contribution in [1.29, 1.82) is 0 Å². The summed E-state index contributed by atoms with van der Waals surface area (Å²) < 4.78 is 23.1. The minimum Gasteiger partial charge on any atom is -0.478 e. The summed E-state index contributed by atoms with van der Waals surface area (Å²) in [6.45, 7) is 1.19. The van der Waals surface area contributed by atoms with Crippen LogP contribution in [-0.4, -0.2) is 30.6 Å². The van der Waals surface area contributed by atoms with Gasteiger partial charge in [0.1, 0.15) is 5.21 Å². The molecule has 0 fully saturated rings. The summed E-state index contributed by atoms with van der Waals surface area (Å²) >= 11 is 5.30. The average molecular weight is 292 g/mol. The minimum absolute atomic E-state index is 0.0822. The van der Waals surface area contributed by atoms with Crippen molar-refractivity contribution in [2.45, 2.75) is 11.8 Å². The monoisotopic (exact) mass is 291 g/mol. The van der Waals surface area contributed by atoms with Crippen molar-refractivity contribution in [2.75, 3.05) is 10.5 Å². The fourth-order valence-corrected chi connectivity index (χ4v) is 2.34. The molecule has 0 heterocycles. The number of carboxylic acid groups (broad SMARTS) is 1. The molecule has 6 nitrogen and oxygen atoms in total. The van der Waals surface area contributed by atoms with E-state index in [9.17, 15) is 18.0 Å². The molecule has 1 aromatic carbocycles. The summed E-state index contributed by atoms with van der Waals surface area (Å²) in [4.78, 5) is 21.7. The molecule has 0 aliphatic carbocycles. The molecule has 0 aromatic heterocycles. The Bertz CT molecular complexity index is 596. The molecule has 0 unspecified atom stereocenters. The van der Waals surface area contributed by atoms with Crippen molar-refractivity contribution in [3.05, 3.63) is 23.8 Å². The summed E-state index contributed by atoms with van der Waals surface area (Å²) in [5, 5.41) is 10.5. The van der Waals surface area contributed by atoms with Crippen molar-refractivity contribution < 1.29 is 23.1 Å². The first-order valence-electron chi connectivity index (χ1n) is 4.71. The molecule has 1 rings (SSSR count). The van der Waals surface area contributed by atoms with E-state index in [0.29, 0.717) is 0 Å². The third-order valence-electron chi connectivity index (χ3n) is 2.03. The van der Waals surface area contributed by atoms with E-state index < -0.39 is 26.9 Å². The minimum atomic E-state index is -3.68. The Morgan fingerprint density at radius 1 is 1.39 bits per heavy atom. The topological polar surface area (TPSA) is 101 Å². The third-order valence-corrected chi connectivity index (χ3v) is 4.16. The lowest BCUT2D eigenvalue weighted by Gasteiger charge is -2.09. The molecule has 1 aromatic rings. The van der Waals surface area contributed by atoms with Gasteiger partial charge in [0.25, 0.3) is 0 Å². The first-order valence-corrected chi connectivity index (χ1v) is 6.90. The number of alkyl halides is 1. The fourth-order valence-electron chi connectivity index (χ4n) is 1.26. The number of rotatable bonds is 4. The van der Waals surface area contributed by atoms with Crippen molar-refractivity contribution in [1.82, 2.24) is 0 Å². The van der Waals surface area contributed by atoms with Gasteiger partial charge in [0, 0.05) is 6.92 Å². The van der Waals surface area contributed by atoms with Gasteiger partial charge in [-0.25, -0.2) is 13.2 Å². The van der Waals surface area contributed by atoms with Crippen LogP contribution < -0.4 is 5.32 Å². The van der Waals surface area contributed by atoms with Crippen LogP contribution in [0.1, 0.15) is 17.3 Å². The molecular weight excluding hydrogens is 282 g/mol. The van der Waals surface area contributed by atoms with Gasteiger partial charge >= 0.3 is 5.97 Å². The van der Waals surface area contributed by atoms with Crippen LogP contribution in [0, 0.1) is 0 Å². The number of nitrogens with one attached hydrogen (secondary N) is 1. The summed E-state index contributed by atoms with van der Waals surface area (Å²) in [5.74, 6) is -1.77. The molecule has 2 N–H and O–H groups in total. The summed E-state index contributed by atoms with van der Waals surface area (Å²) in [5.41, 5.74) is -0.278. The van der Waals surface area contributed by atoms with Gasteiger partial charge < -0.3 is 10.4 Å². The number of hydrogen-bond donors (Lipinski definition) is 2. The van der Waals surface area contributed by atoms with Crippen LogP contribution in [0.3, 0.4) is 0 Å². The normalized spacial score (nSPS) is 11.0. The number of carboxylic acids is 1. The van der Waals surface area contributed by atoms with Gasteiger partial charge in [0.05, 0.1) is 16.1 Å². The zero-order valence-electron chi connectivity index (χ0n) is 9.31. The van der Waals surface area contributed by atoms with E-state index in [1.54, 1.807) is 0 Å². The molecule has 8 heteroatoms. The van der Waals surface area contributed by atoms with Crippen LogP contribution >= 0.6 is 11.6 Å². The smallest absolute Gasteiger partial charge is 0.337 e. The van der Waals surface area contributed by atoms with Crippen LogP contribution in [0.25, 0.3) is 0 Å². The van der Waals surface area contributed by atoms with Gasteiger partial charge in [-0.05, 0) is 18.2 Å². The zero-order valence-corrected chi connectivity index (χ0v) is 10.9. The molecule has 0 aliphatic rings. The molecule has 0 bridgehead atoms. The van der Waals surface area contributed by atoms with Crippen LogP contribution in [0.2, 0.25) is 0 Å². The van der Waals surface area contributed by atoms with Crippen LogP contribution in [0.15, 0.2) is 23.1 Å². The van der Waals surface area contributed by atoms with Gasteiger partial charge in [0.15, 0.2) is 9.84 Å². The number of carbonyl (C=O) groups is 2. The van der Waals surface area contributed by atoms with Crippen molar-refractivity contribution in [2.24, 2.45) is 0 Å². The second-order valence-corrected chi connectivity index (χ2v) is 5.99. The Morgan fingerprint density at radius 2 is 2.00 bits per heavy atom. The first kappa shape index (κ1) is 14.5. The standard InChI is InChI=1S/C10H10ClNO5S/c1-6(13)12-9-4-7(18(16,17)5-11)2-3-8(9)10(14)15/h2-4H,5H2,1H3,(H,12,13)(H,14,15). The maximum atomic E-state index is 11.5. The van der Waals surface area contributed by atoms with Crippen LogP contribution in [0.5, 0.6) is 0 Å². The summed E-state index contributed by atoms with van der Waals surface area (Å²) in [6.07, 6.45) is 0. The predicted octanol–water partition coefficient (Wildman–Crippen LogP) is 1.31. The molecule has 0 radical (unpaired) electrons. The quantitative estimate of drug-likeness (QED) is 0.815. The van der Waals surface area contributed by atoms with Gasteiger partial charge in [-0.3, -0.25) is 4.79 Å². The van der Waals surface area contributed by atoms with E-state index in [1.807, 2.05) is 0 Å². The van der Waals surface area contributed by atoms with Crippen molar-refractivity contribution in [3.8, 4) is 0 Å². The van der Waals surface area contributed by atoms with Crippen molar-refractivity contribution >= 4 is 39.0 Å². The highest BCUT2D eigenvalue weighted by Crippen LogP contribution is 2.22. The van der Waals surface area contributed by atoms with E-state index in [0.717, 1.165) is 18.2 Å². The van der Waals surface area contributed by atoms with E-state index in [4.69, 9.17) is 16.7 Å². The average Bonchev–Trinajstić information content (AvgIpc) is 2.27. The molecule has 0 saturated heterocycles. The summed E-state index contributed by atoms with van der Waals surface area (Å²) in [7, 11) is -3.68. The van der Waals surface area contributed by atoms with E-state index in [-0.39, 0.29) is 16.1 Å². The first-order chi connectivity index (χ1) is 8.27. The Balaban J connectivity index is 3.38. The highest BCUT2D eigenvalue weighted by molar-refractivity contribution is 7.92. The van der Waals surface area contributed by atoms with Crippen LogP contribution in [0.4, 0.5) is 5.69 Å². The number of amides is 1. The Labute approximate surface area is 108 Å². The lowest BCUT2D eigenvalue weighted by Crippen LogP contribution is -2.12. The molecule has 18 heavy (non-hydrogen) atoms. The molecule has 0 saturated carbocycles. The molecule has 0 spiro atoms. The van der Waals surface area contributed by atoms with Crippen LogP contribution in [-0.2, 0) is 14.6 Å². The second kappa shape index (κ2) is 5.36. The maximum absolute atomic E-state index is 11.5. The Hall–Kier alpha value is -1.60. The zero-order chi connectivity index (χ0) is 13.9. The van der Waals surface area contributed by atoms with E-state index in [1.165, 1.54) is 6.92 Å². The summed E-state index contributed by atoms with van der Waals surface area (Å²) in [6, 6.07) is 3.31. The fraction of sp³-hybridized carbons (Fsp3) is 0.200. The molecule has 0 atom stereocenters. The van der Waals surface area contributed by atoms with Gasteiger partial charge in [-0.15, -0.1) is 11.6 Å². The lowest BCUT2D eigenvalue weighted by molar-refractivity contribution is -0.114. The maximum Gasteiger partial charge on any atom is 0.337 e. The third kappa shape index (κ3) is 3.21. The van der Waals surface area contributed by atoms with Gasteiger partial charge in [-0.1, -0.05) is 0 Å². The number of hydrogen-bond acceptors (Lipinski definition) is 4. The van der Waals surface area contributed by atoms with E-state index in [2.05, 4.69) is 5.32 Å². The number of carbonyl (C=O) groups excluding carboxylic acids is 1. The molecular formula is C10H10ClNO5S. The largest absolute Gasteiger partial charge is 0.478 e. The van der Waals surface area contributed by atoms with Gasteiger partial charge in [0.2, 0.25) is 5.91 Å². The predicted molar refractivity (Wildman–Crippen MR) is 65.6 cm³/mol. The molecule has 1 amide bonds. The highest BCUT2D eigenvalue weighted by Gasteiger charge is 2.18. The number of sulfone groups is 1. The lowest BCUT2D eigenvalue weighted by atomic mass is 10.2. The number of anilines is 1. The van der Waals surface area contributed by atoms with Gasteiger partial charge in [-0.2, -0.15) is 0 Å². The second-order valence-electron chi connectivity index (χ2n) is 3.42. The number of aromatic carboxylic acids is 1. The number of halogens is 1. The SMILES string of the molecule is CC(=O)Nc1cc(S(=O)(=O)CCl)ccc1C(=O)O. The molecule has 98 valence electrons. The molecule has 0 aliphatic heterocycles. The van der Waals surface area contributed by atoms with E-state index >= 15 is 0 Å². The Kier molecular flexibility index (Phi) is 4.31. The Morgan fingerprint density at radius 3 is 2.44 bits per heavy atom. The highest BCUT2D eigenvalue weighted by atomic mass is 35.5.